The van der Waals surface area contributed by atoms with Crippen LogP contribution >= 0.6 is 0 Å². The van der Waals surface area contributed by atoms with Gasteiger partial charge in [-0.15, -0.1) is 0 Å². The summed E-state index contributed by atoms with van der Waals surface area (Å²) in [7, 11) is 1.73. The van der Waals surface area contributed by atoms with Crippen molar-refractivity contribution in [3.05, 3.63) is 57.9 Å². The first-order chi connectivity index (χ1) is 10.7. The summed E-state index contributed by atoms with van der Waals surface area (Å²) in [6.45, 7) is 7.23. The molecule has 4 nitrogen and oxygen atoms in total. The highest BCUT2D eigenvalue weighted by atomic mass is 16.1. The van der Waals surface area contributed by atoms with E-state index in [0.29, 0.717) is 28.1 Å². The molecule has 0 bridgehead atoms. The lowest BCUT2D eigenvalue weighted by molar-refractivity contribution is 0.0851. The third-order valence-electron chi connectivity index (χ3n) is 4.45. The number of fused-ring (bicyclic) bond motifs is 2. The van der Waals surface area contributed by atoms with Gasteiger partial charge in [-0.3, -0.25) is 14.4 Å². The van der Waals surface area contributed by atoms with Crippen LogP contribution in [0.4, 0.5) is 0 Å². The summed E-state index contributed by atoms with van der Waals surface area (Å²) in [5, 5.41) is 0. The minimum Gasteiger partial charge on any atom is -0.344 e. The van der Waals surface area contributed by atoms with Crippen LogP contribution in [0.5, 0.6) is 0 Å². The Morgan fingerprint density at radius 3 is 2.04 bits per heavy atom. The maximum absolute atomic E-state index is 13.0. The van der Waals surface area contributed by atoms with Crippen LogP contribution in [-0.4, -0.2) is 21.9 Å². The number of benzene rings is 1. The van der Waals surface area contributed by atoms with Crippen molar-refractivity contribution in [3.8, 4) is 0 Å². The summed E-state index contributed by atoms with van der Waals surface area (Å²) in [6, 6.07) is 6.78. The average molecular weight is 309 g/mol. The van der Waals surface area contributed by atoms with Gasteiger partial charge in [0.1, 0.15) is 5.69 Å². The van der Waals surface area contributed by atoms with Crippen molar-refractivity contribution < 1.29 is 14.4 Å². The summed E-state index contributed by atoms with van der Waals surface area (Å²) >= 11 is 0. The Balaban J connectivity index is 2.36. The fourth-order valence-corrected chi connectivity index (χ4v) is 3.08. The molecule has 1 aliphatic carbocycles. The fraction of sp³-hybridized carbons (Fsp3) is 0.316. The zero-order valence-electron chi connectivity index (χ0n) is 14.0. The Labute approximate surface area is 135 Å². The molecule has 4 heteroatoms. The molecule has 23 heavy (non-hydrogen) atoms. The van der Waals surface area contributed by atoms with Crippen LogP contribution in [0.1, 0.15) is 68.8 Å². The zero-order chi connectivity index (χ0) is 17.1. The smallest absolute Gasteiger partial charge is 0.210 e. The number of ketones is 3. The predicted octanol–water partition coefficient (Wildman–Crippen LogP) is 3.34. The quantitative estimate of drug-likeness (QED) is 0.648. The van der Waals surface area contributed by atoms with Crippen molar-refractivity contribution in [1.82, 2.24) is 4.57 Å². The van der Waals surface area contributed by atoms with E-state index in [1.807, 2.05) is 20.8 Å². The molecule has 0 radical (unpaired) electrons. The van der Waals surface area contributed by atoms with Crippen molar-refractivity contribution in [2.75, 3.05) is 0 Å². The standard InChI is InChI=1S/C19H19NO3/c1-10-13(18(23)19(2,3)4)14-15(20(10)5)17(22)12-9-7-6-8-11(12)16(14)21/h6-9H,1-5H3. The Kier molecular flexibility index (Phi) is 3.18. The van der Waals surface area contributed by atoms with Gasteiger partial charge in [-0.05, 0) is 6.92 Å². The minimum atomic E-state index is -0.625. The van der Waals surface area contributed by atoms with Crippen LogP contribution in [-0.2, 0) is 7.05 Å². The molecule has 2 aromatic rings. The average Bonchev–Trinajstić information content (AvgIpc) is 2.76. The SMILES string of the molecule is Cc1c(C(=O)C(C)(C)C)c2c(n1C)C(=O)c1ccccc1C2=O. The molecular weight excluding hydrogens is 290 g/mol. The molecule has 3 rings (SSSR count). The number of rotatable bonds is 1. The molecule has 1 aliphatic rings. The van der Waals surface area contributed by atoms with Gasteiger partial charge in [0.05, 0.1) is 11.1 Å². The summed E-state index contributed by atoms with van der Waals surface area (Å²) in [6.07, 6.45) is 0. The van der Waals surface area contributed by atoms with E-state index in [1.165, 1.54) is 0 Å². The maximum atomic E-state index is 13.0. The molecule has 118 valence electrons. The van der Waals surface area contributed by atoms with Gasteiger partial charge in [0.15, 0.2) is 11.6 Å². The molecule has 1 aromatic carbocycles. The second-order valence-corrected chi connectivity index (χ2v) is 7.03. The van der Waals surface area contributed by atoms with Crippen molar-refractivity contribution in [2.24, 2.45) is 12.5 Å². The Bertz CT molecular complexity index is 879. The van der Waals surface area contributed by atoms with E-state index in [4.69, 9.17) is 0 Å². The third-order valence-corrected chi connectivity index (χ3v) is 4.45. The highest BCUT2D eigenvalue weighted by molar-refractivity contribution is 6.31. The maximum Gasteiger partial charge on any atom is 0.210 e. The second kappa shape index (κ2) is 4.75. The van der Waals surface area contributed by atoms with Crippen LogP contribution in [0.15, 0.2) is 24.3 Å². The van der Waals surface area contributed by atoms with Gasteiger partial charge in [-0.2, -0.15) is 0 Å². The third kappa shape index (κ3) is 2.01. The number of carbonyl (C=O) groups is 3. The molecule has 0 aliphatic heterocycles. The lowest BCUT2D eigenvalue weighted by atomic mass is 9.80. The molecule has 0 unspecified atom stereocenters. The molecule has 0 saturated carbocycles. The minimum absolute atomic E-state index is 0.118. The molecule has 1 heterocycles. The van der Waals surface area contributed by atoms with Crippen molar-refractivity contribution in [1.29, 1.82) is 0 Å². The van der Waals surface area contributed by atoms with Crippen LogP contribution in [0.25, 0.3) is 0 Å². The molecule has 0 N–H and O–H groups in total. The fourth-order valence-electron chi connectivity index (χ4n) is 3.08. The Morgan fingerprint density at radius 1 is 1.00 bits per heavy atom. The first kappa shape index (κ1) is 15.4. The van der Waals surface area contributed by atoms with Gasteiger partial charge in [0.25, 0.3) is 0 Å². The van der Waals surface area contributed by atoms with E-state index >= 15 is 0 Å². The topological polar surface area (TPSA) is 56.1 Å². The second-order valence-electron chi connectivity index (χ2n) is 7.03. The summed E-state index contributed by atoms with van der Waals surface area (Å²) in [5.41, 5.74) is 1.76. The van der Waals surface area contributed by atoms with Crippen LogP contribution in [0.3, 0.4) is 0 Å². The first-order valence-electron chi connectivity index (χ1n) is 7.58. The van der Waals surface area contributed by atoms with Gasteiger partial charge >= 0.3 is 0 Å². The molecule has 0 fully saturated rings. The normalized spacial score (nSPS) is 13.8. The number of hydrogen-bond donors (Lipinski definition) is 0. The summed E-state index contributed by atoms with van der Waals surface area (Å²) in [4.78, 5) is 38.6. The number of Topliss-reactive ketones (excluding diaryl/α,β-unsaturated/α-hetero) is 1. The lowest BCUT2D eigenvalue weighted by Crippen LogP contribution is -2.26. The van der Waals surface area contributed by atoms with Crippen molar-refractivity contribution in [3.63, 3.8) is 0 Å². The van der Waals surface area contributed by atoms with E-state index in [0.717, 1.165) is 0 Å². The molecule has 0 spiro atoms. The van der Waals surface area contributed by atoms with Gasteiger partial charge in [0, 0.05) is 29.3 Å². The Hall–Kier alpha value is -2.49. The van der Waals surface area contributed by atoms with Crippen LogP contribution in [0, 0.1) is 12.3 Å². The van der Waals surface area contributed by atoms with E-state index < -0.39 is 5.41 Å². The van der Waals surface area contributed by atoms with E-state index in [9.17, 15) is 14.4 Å². The largest absolute Gasteiger partial charge is 0.344 e. The molecule has 1 aromatic heterocycles. The number of nitrogens with zero attached hydrogens (tertiary/aromatic N) is 1. The van der Waals surface area contributed by atoms with Gasteiger partial charge in [0.2, 0.25) is 5.78 Å². The van der Waals surface area contributed by atoms with Crippen LogP contribution < -0.4 is 0 Å². The molecule has 0 amide bonds. The number of carbonyl (C=O) groups excluding carboxylic acids is 3. The number of aromatic nitrogens is 1. The zero-order valence-corrected chi connectivity index (χ0v) is 14.0. The van der Waals surface area contributed by atoms with Gasteiger partial charge < -0.3 is 4.57 Å². The van der Waals surface area contributed by atoms with E-state index in [2.05, 4.69) is 0 Å². The van der Waals surface area contributed by atoms with Gasteiger partial charge in [-0.1, -0.05) is 45.0 Å². The highest BCUT2D eigenvalue weighted by Gasteiger charge is 2.39. The van der Waals surface area contributed by atoms with E-state index in [-0.39, 0.29) is 22.9 Å². The lowest BCUT2D eigenvalue weighted by Gasteiger charge is -2.19. The van der Waals surface area contributed by atoms with Crippen LogP contribution in [0.2, 0.25) is 0 Å². The number of hydrogen-bond acceptors (Lipinski definition) is 3. The predicted molar refractivity (Wildman–Crippen MR) is 87.2 cm³/mol. The van der Waals surface area contributed by atoms with E-state index in [1.54, 1.807) is 42.8 Å². The summed E-state index contributed by atoms with van der Waals surface area (Å²) < 4.78 is 1.67. The molecule has 0 atom stereocenters. The van der Waals surface area contributed by atoms with Crippen molar-refractivity contribution >= 4 is 17.3 Å². The highest BCUT2D eigenvalue weighted by Crippen LogP contribution is 2.35. The monoisotopic (exact) mass is 309 g/mol. The molecular formula is C19H19NO3. The Morgan fingerprint density at radius 2 is 1.52 bits per heavy atom. The summed E-state index contributed by atoms with van der Waals surface area (Å²) in [5.74, 6) is -0.562. The molecule has 0 saturated heterocycles. The first-order valence-corrected chi connectivity index (χ1v) is 7.58. The van der Waals surface area contributed by atoms with Crippen molar-refractivity contribution in [2.45, 2.75) is 27.7 Å². The van der Waals surface area contributed by atoms with Gasteiger partial charge in [-0.25, -0.2) is 0 Å².